The molecule has 1 aromatic heterocycles. The topological polar surface area (TPSA) is 80.2 Å². The van der Waals surface area contributed by atoms with Gasteiger partial charge in [-0.2, -0.15) is 0 Å². The van der Waals surface area contributed by atoms with Crippen molar-refractivity contribution >= 4 is 17.5 Å². The summed E-state index contributed by atoms with van der Waals surface area (Å²) in [6, 6.07) is 9.58. The predicted octanol–water partition coefficient (Wildman–Crippen LogP) is 2.17. The Morgan fingerprint density at radius 1 is 1.08 bits per heavy atom. The molecule has 0 radical (unpaired) electrons. The SMILES string of the molecule is CC[C@@H](C)NC(=O)c1ccc(NC(=O)c2ccn(C)c(=O)c2)cc1. The van der Waals surface area contributed by atoms with Crippen molar-refractivity contribution in [3.8, 4) is 0 Å². The molecule has 0 spiro atoms. The Kier molecular flexibility index (Phi) is 5.52. The van der Waals surface area contributed by atoms with E-state index in [0.717, 1.165) is 6.42 Å². The van der Waals surface area contributed by atoms with E-state index in [2.05, 4.69) is 10.6 Å². The van der Waals surface area contributed by atoms with Gasteiger partial charge in [0.2, 0.25) is 0 Å². The van der Waals surface area contributed by atoms with E-state index in [-0.39, 0.29) is 29.0 Å². The normalized spacial score (nSPS) is 11.6. The molecule has 0 aliphatic heterocycles. The van der Waals surface area contributed by atoms with Crippen LogP contribution in [-0.2, 0) is 7.05 Å². The number of carbonyl (C=O) groups is 2. The molecule has 0 bridgehead atoms. The van der Waals surface area contributed by atoms with Crippen molar-refractivity contribution in [3.05, 3.63) is 64.1 Å². The zero-order valence-corrected chi connectivity index (χ0v) is 14.0. The molecule has 1 atom stereocenters. The average Bonchev–Trinajstić information content (AvgIpc) is 2.57. The third-order valence-electron chi connectivity index (χ3n) is 3.76. The van der Waals surface area contributed by atoms with Crippen molar-refractivity contribution in [1.29, 1.82) is 0 Å². The molecule has 6 heteroatoms. The number of carbonyl (C=O) groups excluding carboxylic acids is 2. The zero-order valence-electron chi connectivity index (χ0n) is 14.0. The number of hydrogen-bond donors (Lipinski definition) is 2. The van der Waals surface area contributed by atoms with Crippen LogP contribution in [0.5, 0.6) is 0 Å². The van der Waals surface area contributed by atoms with Crippen LogP contribution in [0.3, 0.4) is 0 Å². The van der Waals surface area contributed by atoms with Crippen molar-refractivity contribution in [2.24, 2.45) is 7.05 Å². The molecule has 0 fully saturated rings. The summed E-state index contributed by atoms with van der Waals surface area (Å²) in [4.78, 5) is 35.7. The number of hydrogen-bond acceptors (Lipinski definition) is 3. The van der Waals surface area contributed by atoms with Crippen molar-refractivity contribution in [2.75, 3.05) is 5.32 Å². The summed E-state index contributed by atoms with van der Waals surface area (Å²) < 4.78 is 1.39. The number of pyridine rings is 1. The van der Waals surface area contributed by atoms with Crippen molar-refractivity contribution in [1.82, 2.24) is 9.88 Å². The van der Waals surface area contributed by atoms with Crippen LogP contribution in [0.2, 0.25) is 0 Å². The first-order valence-electron chi connectivity index (χ1n) is 7.79. The van der Waals surface area contributed by atoms with E-state index in [1.165, 1.54) is 10.6 Å². The Morgan fingerprint density at radius 2 is 1.75 bits per heavy atom. The lowest BCUT2D eigenvalue weighted by Gasteiger charge is -2.12. The van der Waals surface area contributed by atoms with Gasteiger partial charge in [0.25, 0.3) is 17.4 Å². The van der Waals surface area contributed by atoms with Crippen LogP contribution in [0.1, 0.15) is 41.0 Å². The van der Waals surface area contributed by atoms with Gasteiger partial charge in [0.15, 0.2) is 0 Å². The molecule has 0 saturated carbocycles. The molecule has 0 aliphatic rings. The Balaban J connectivity index is 2.05. The van der Waals surface area contributed by atoms with Gasteiger partial charge in [-0.05, 0) is 43.7 Å². The second kappa shape index (κ2) is 7.59. The molecule has 2 rings (SSSR count). The molecular formula is C18H21N3O3. The lowest BCUT2D eigenvalue weighted by atomic mass is 10.1. The fourth-order valence-electron chi connectivity index (χ4n) is 2.01. The van der Waals surface area contributed by atoms with Gasteiger partial charge in [-0.15, -0.1) is 0 Å². The molecule has 0 unspecified atom stereocenters. The van der Waals surface area contributed by atoms with Crippen molar-refractivity contribution in [3.63, 3.8) is 0 Å². The molecule has 1 aromatic carbocycles. The lowest BCUT2D eigenvalue weighted by molar-refractivity contribution is 0.0938. The van der Waals surface area contributed by atoms with Crippen LogP contribution < -0.4 is 16.2 Å². The van der Waals surface area contributed by atoms with Crippen LogP contribution >= 0.6 is 0 Å². The van der Waals surface area contributed by atoms with Gasteiger partial charge in [0.1, 0.15) is 0 Å². The highest BCUT2D eigenvalue weighted by molar-refractivity contribution is 6.04. The number of benzene rings is 1. The minimum absolute atomic E-state index is 0.109. The number of nitrogens with zero attached hydrogens (tertiary/aromatic N) is 1. The third-order valence-corrected chi connectivity index (χ3v) is 3.76. The highest BCUT2D eigenvalue weighted by Crippen LogP contribution is 2.11. The molecule has 1 heterocycles. The maximum absolute atomic E-state index is 12.1. The fourth-order valence-corrected chi connectivity index (χ4v) is 2.01. The van der Waals surface area contributed by atoms with Gasteiger partial charge in [-0.3, -0.25) is 14.4 Å². The summed E-state index contributed by atoms with van der Waals surface area (Å²) >= 11 is 0. The Bertz CT molecular complexity index is 794. The standard InChI is InChI=1S/C18H21N3O3/c1-4-12(2)19-17(23)13-5-7-15(8-6-13)20-18(24)14-9-10-21(3)16(22)11-14/h5-12H,4H2,1-3H3,(H,19,23)(H,20,24)/t12-/m1/s1. The summed E-state index contributed by atoms with van der Waals surface area (Å²) in [5.74, 6) is -0.515. The second-order valence-electron chi connectivity index (χ2n) is 5.68. The van der Waals surface area contributed by atoms with Crippen molar-refractivity contribution < 1.29 is 9.59 Å². The Morgan fingerprint density at radius 3 is 2.33 bits per heavy atom. The van der Waals surface area contributed by atoms with Gasteiger partial charge in [-0.25, -0.2) is 0 Å². The molecule has 24 heavy (non-hydrogen) atoms. The van der Waals surface area contributed by atoms with Crippen LogP contribution in [0.4, 0.5) is 5.69 Å². The predicted molar refractivity (Wildman–Crippen MR) is 93.3 cm³/mol. The summed E-state index contributed by atoms with van der Waals surface area (Å²) in [5, 5.41) is 5.58. The van der Waals surface area contributed by atoms with E-state index >= 15 is 0 Å². The van der Waals surface area contributed by atoms with E-state index in [0.29, 0.717) is 11.3 Å². The molecule has 2 amide bonds. The van der Waals surface area contributed by atoms with E-state index in [4.69, 9.17) is 0 Å². The number of aromatic nitrogens is 1. The monoisotopic (exact) mass is 327 g/mol. The minimum Gasteiger partial charge on any atom is -0.350 e. The number of amides is 2. The van der Waals surface area contributed by atoms with Crippen LogP contribution in [0, 0.1) is 0 Å². The molecule has 6 nitrogen and oxygen atoms in total. The number of aryl methyl sites for hydroxylation is 1. The molecule has 2 aromatic rings. The van der Waals surface area contributed by atoms with E-state index < -0.39 is 0 Å². The van der Waals surface area contributed by atoms with Crippen LogP contribution in [0.25, 0.3) is 0 Å². The van der Waals surface area contributed by atoms with E-state index in [9.17, 15) is 14.4 Å². The Labute approximate surface area is 140 Å². The largest absolute Gasteiger partial charge is 0.350 e. The molecule has 126 valence electrons. The van der Waals surface area contributed by atoms with E-state index in [1.54, 1.807) is 43.6 Å². The molecular weight excluding hydrogens is 306 g/mol. The van der Waals surface area contributed by atoms with Gasteiger partial charge < -0.3 is 15.2 Å². The Hall–Kier alpha value is -2.89. The van der Waals surface area contributed by atoms with Crippen LogP contribution in [-0.4, -0.2) is 22.4 Å². The highest BCUT2D eigenvalue weighted by Gasteiger charge is 2.10. The first-order chi connectivity index (χ1) is 11.4. The lowest BCUT2D eigenvalue weighted by Crippen LogP contribution is -2.31. The molecule has 2 N–H and O–H groups in total. The maximum atomic E-state index is 12.1. The summed E-state index contributed by atoms with van der Waals surface area (Å²) in [7, 11) is 1.62. The molecule has 0 aliphatic carbocycles. The van der Waals surface area contributed by atoms with Crippen molar-refractivity contribution in [2.45, 2.75) is 26.3 Å². The van der Waals surface area contributed by atoms with Gasteiger partial charge >= 0.3 is 0 Å². The number of rotatable bonds is 5. The third kappa shape index (κ3) is 4.32. The second-order valence-corrected chi connectivity index (χ2v) is 5.68. The summed E-state index contributed by atoms with van der Waals surface area (Å²) in [5.41, 5.74) is 1.12. The highest BCUT2D eigenvalue weighted by atomic mass is 16.2. The number of anilines is 1. The fraction of sp³-hybridized carbons (Fsp3) is 0.278. The smallest absolute Gasteiger partial charge is 0.255 e. The number of nitrogens with one attached hydrogen (secondary N) is 2. The van der Waals surface area contributed by atoms with Gasteiger partial charge in [0.05, 0.1) is 0 Å². The van der Waals surface area contributed by atoms with Gasteiger partial charge in [-0.1, -0.05) is 6.92 Å². The maximum Gasteiger partial charge on any atom is 0.255 e. The van der Waals surface area contributed by atoms with Gasteiger partial charge in [0, 0.05) is 42.2 Å². The minimum atomic E-state index is -0.371. The van der Waals surface area contributed by atoms with E-state index in [1.807, 2.05) is 13.8 Å². The average molecular weight is 327 g/mol. The summed E-state index contributed by atoms with van der Waals surface area (Å²) in [6.45, 7) is 3.94. The van der Waals surface area contributed by atoms with Crippen LogP contribution in [0.15, 0.2) is 47.4 Å². The first kappa shape index (κ1) is 17.5. The first-order valence-corrected chi connectivity index (χ1v) is 7.79. The zero-order chi connectivity index (χ0) is 17.7. The molecule has 0 saturated heterocycles. The quantitative estimate of drug-likeness (QED) is 0.883. The summed E-state index contributed by atoms with van der Waals surface area (Å²) in [6.07, 6.45) is 2.40.